The number of aromatic amines is 1. The second-order valence-corrected chi connectivity index (χ2v) is 16.7. The highest BCUT2D eigenvalue weighted by Crippen LogP contribution is 2.59. The molecule has 7 atom stereocenters. The fourth-order valence-corrected chi connectivity index (χ4v) is 12.4. The van der Waals surface area contributed by atoms with E-state index in [1.807, 2.05) is 6.92 Å². The number of hydrogen-bond donors (Lipinski definition) is 1. The van der Waals surface area contributed by atoms with Gasteiger partial charge in [0.2, 0.25) is 0 Å². The van der Waals surface area contributed by atoms with E-state index in [1.54, 1.807) is 0 Å². The third-order valence-corrected chi connectivity index (χ3v) is 14.8. The van der Waals surface area contributed by atoms with Gasteiger partial charge in [0.1, 0.15) is 14.2 Å². The molecule has 1 N–H and O–H groups in total. The first-order valence-electron chi connectivity index (χ1n) is 14.0. The van der Waals surface area contributed by atoms with Crippen LogP contribution in [0.2, 0.25) is 12.6 Å². The number of ether oxygens (including phenoxy) is 1. The molecule has 0 saturated carbocycles. The fraction of sp³-hybridized carbons (Fsp3) is 0.448. The van der Waals surface area contributed by atoms with Gasteiger partial charge in [-0.3, -0.25) is 14.3 Å². The van der Waals surface area contributed by atoms with E-state index in [9.17, 15) is 9.59 Å². The predicted molar refractivity (Wildman–Crippen MR) is 155 cm³/mol. The highest BCUT2D eigenvalue weighted by atomic mass is 31.2. The molecule has 0 aliphatic carbocycles. The average molecular weight is 584 g/mol. The molecule has 3 saturated heterocycles. The number of hydrogen-bond acceptors (Lipinski definition) is 6. The van der Waals surface area contributed by atoms with Gasteiger partial charge in [0.15, 0.2) is 12.4 Å². The lowest BCUT2D eigenvalue weighted by Crippen LogP contribution is -2.58. The van der Waals surface area contributed by atoms with Crippen molar-refractivity contribution in [3.63, 3.8) is 0 Å². The molecule has 2 aromatic carbocycles. The SMILES string of the molecule is CC[C@H]1O[C@@H](n2ccc(=O)[nH]c2=O)C(F)[C@H]1O[P@]1O[C@@H](C[Si](C)(c2ccccc2)c2ccccc2)[C@H]2CCCN21. The van der Waals surface area contributed by atoms with Crippen LogP contribution >= 0.6 is 8.53 Å². The highest BCUT2D eigenvalue weighted by Gasteiger charge is 2.54. The van der Waals surface area contributed by atoms with Gasteiger partial charge in [-0.15, -0.1) is 0 Å². The van der Waals surface area contributed by atoms with Crippen LogP contribution in [0.25, 0.3) is 0 Å². The van der Waals surface area contributed by atoms with E-state index in [1.165, 1.54) is 22.6 Å². The number of rotatable bonds is 8. The molecule has 1 aromatic heterocycles. The van der Waals surface area contributed by atoms with Gasteiger partial charge >= 0.3 is 5.69 Å². The van der Waals surface area contributed by atoms with Gasteiger partial charge in [0.25, 0.3) is 14.1 Å². The topological polar surface area (TPSA) is 85.8 Å². The summed E-state index contributed by atoms with van der Waals surface area (Å²) in [5.74, 6) is 0. The Morgan fingerprint density at radius 1 is 1.05 bits per heavy atom. The van der Waals surface area contributed by atoms with E-state index in [-0.39, 0.29) is 12.1 Å². The monoisotopic (exact) mass is 583 g/mol. The van der Waals surface area contributed by atoms with Crippen LogP contribution < -0.4 is 21.6 Å². The van der Waals surface area contributed by atoms with Crippen molar-refractivity contribution in [2.24, 2.45) is 0 Å². The third-order valence-electron chi connectivity index (χ3n) is 8.57. The molecule has 0 bridgehead atoms. The van der Waals surface area contributed by atoms with Crippen LogP contribution in [0.4, 0.5) is 4.39 Å². The van der Waals surface area contributed by atoms with Gasteiger partial charge in [-0.25, -0.2) is 13.9 Å². The maximum absolute atomic E-state index is 15.9. The molecular formula is C29H35FN3O5PSi. The summed E-state index contributed by atoms with van der Waals surface area (Å²) >= 11 is 0. The minimum absolute atomic E-state index is 0.0243. The maximum Gasteiger partial charge on any atom is 0.330 e. The Kier molecular flexibility index (Phi) is 7.91. The molecule has 3 aliphatic heterocycles. The first-order valence-corrected chi connectivity index (χ1v) is 17.8. The van der Waals surface area contributed by atoms with Crippen molar-refractivity contribution in [1.29, 1.82) is 0 Å². The first kappa shape index (κ1) is 27.7. The zero-order chi connectivity index (χ0) is 27.9. The summed E-state index contributed by atoms with van der Waals surface area (Å²) in [5, 5.41) is 2.72. The smallest absolute Gasteiger partial charge is 0.330 e. The molecule has 0 amide bonds. The summed E-state index contributed by atoms with van der Waals surface area (Å²) in [4.78, 5) is 26.1. The average Bonchev–Trinajstić information content (AvgIpc) is 3.66. The van der Waals surface area contributed by atoms with E-state index in [0.717, 1.165) is 30.0 Å². The third kappa shape index (κ3) is 5.06. The maximum atomic E-state index is 15.9. The van der Waals surface area contributed by atoms with Crippen LogP contribution in [0.5, 0.6) is 0 Å². The van der Waals surface area contributed by atoms with E-state index >= 15 is 4.39 Å². The highest BCUT2D eigenvalue weighted by molar-refractivity contribution is 7.45. The quantitative estimate of drug-likeness (QED) is 0.323. The molecule has 1 unspecified atom stereocenters. The first-order chi connectivity index (χ1) is 19.4. The second-order valence-electron chi connectivity index (χ2n) is 11.0. The van der Waals surface area contributed by atoms with Crippen molar-refractivity contribution in [3.8, 4) is 0 Å². The van der Waals surface area contributed by atoms with Crippen LogP contribution in [0.15, 0.2) is 82.5 Å². The van der Waals surface area contributed by atoms with Crippen molar-refractivity contribution in [3.05, 3.63) is 93.8 Å². The number of alkyl halides is 1. The molecule has 40 heavy (non-hydrogen) atoms. The Morgan fingerprint density at radius 2 is 1.73 bits per heavy atom. The molecule has 8 nitrogen and oxygen atoms in total. The lowest BCUT2D eigenvalue weighted by atomic mass is 10.1. The zero-order valence-corrected chi connectivity index (χ0v) is 24.6. The number of fused-ring (bicyclic) bond motifs is 1. The number of halogens is 1. The molecule has 3 aromatic rings. The molecule has 11 heteroatoms. The number of nitrogens with zero attached hydrogens (tertiary/aromatic N) is 2. The molecular weight excluding hydrogens is 548 g/mol. The van der Waals surface area contributed by atoms with Gasteiger partial charge in [0, 0.05) is 24.8 Å². The molecule has 6 rings (SSSR count). The summed E-state index contributed by atoms with van der Waals surface area (Å²) in [6, 6.07) is 23.8. The van der Waals surface area contributed by atoms with Gasteiger partial charge in [-0.2, -0.15) is 0 Å². The zero-order valence-electron chi connectivity index (χ0n) is 22.7. The summed E-state index contributed by atoms with van der Waals surface area (Å²) in [5.41, 5.74) is -1.24. The molecule has 3 aliphatic rings. The number of H-pyrrole nitrogens is 1. The van der Waals surface area contributed by atoms with Gasteiger partial charge < -0.3 is 13.8 Å². The Balaban J connectivity index is 1.24. The van der Waals surface area contributed by atoms with E-state index in [0.29, 0.717) is 6.42 Å². The normalized spacial score (nSPS) is 30.5. The van der Waals surface area contributed by atoms with Crippen molar-refractivity contribution < 1.29 is 18.2 Å². The lowest BCUT2D eigenvalue weighted by Gasteiger charge is -2.32. The summed E-state index contributed by atoms with van der Waals surface area (Å²) in [6.45, 7) is 5.17. The van der Waals surface area contributed by atoms with Crippen molar-refractivity contribution in [2.75, 3.05) is 6.54 Å². The van der Waals surface area contributed by atoms with Crippen molar-refractivity contribution in [2.45, 2.75) is 75.5 Å². The van der Waals surface area contributed by atoms with E-state index in [2.05, 4.69) is 76.9 Å². The van der Waals surface area contributed by atoms with Gasteiger partial charge in [-0.1, -0.05) is 84.5 Å². The van der Waals surface area contributed by atoms with Crippen LogP contribution in [-0.4, -0.2) is 59.4 Å². The van der Waals surface area contributed by atoms with E-state index in [4.69, 9.17) is 13.8 Å². The fourth-order valence-electron chi connectivity index (χ4n) is 6.38. The van der Waals surface area contributed by atoms with Crippen molar-refractivity contribution >= 4 is 27.0 Å². The molecule has 3 fully saturated rings. The predicted octanol–water partition coefficient (Wildman–Crippen LogP) is 3.55. The largest absolute Gasteiger partial charge is 0.349 e. The van der Waals surface area contributed by atoms with Crippen molar-refractivity contribution in [1.82, 2.24) is 14.2 Å². The van der Waals surface area contributed by atoms with E-state index < -0.39 is 52.5 Å². The Hall–Kier alpha value is -2.46. The summed E-state index contributed by atoms with van der Waals surface area (Å²) < 4.78 is 38.5. The molecule has 0 spiro atoms. The van der Waals surface area contributed by atoms with Crippen LogP contribution in [0, 0.1) is 0 Å². The van der Waals surface area contributed by atoms with Gasteiger partial charge in [0.05, 0.1) is 12.2 Å². The molecule has 4 heterocycles. The number of benzene rings is 2. The molecule has 0 radical (unpaired) electrons. The van der Waals surface area contributed by atoms with Crippen LogP contribution in [0.1, 0.15) is 32.4 Å². The minimum Gasteiger partial charge on any atom is -0.349 e. The number of aromatic nitrogens is 2. The van der Waals surface area contributed by atoms with Crippen LogP contribution in [0.3, 0.4) is 0 Å². The second kappa shape index (κ2) is 11.4. The Morgan fingerprint density at radius 3 is 2.35 bits per heavy atom. The molecule has 212 valence electrons. The van der Waals surface area contributed by atoms with Gasteiger partial charge in [-0.05, 0) is 25.3 Å². The van der Waals surface area contributed by atoms with Crippen LogP contribution in [-0.2, 0) is 13.8 Å². The Bertz CT molecular complexity index is 1390. The standard InChI is InChI=1S/C29H35FN3O5PSi/c1-3-23-27(26(30)28(36-23)32-18-16-25(34)31-29(32)35)38-39-33-17-10-15-22(33)24(37-39)19-40(2,20-11-6-4-7-12-20)21-13-8-5-9-14-21/h4-9,11-14,16,18,22-24,26-28H,3,10,15,17,19H2,1-2H3,(H,31,34,35)/t22-,23-,24+,26?,27+,28-,39+/m1/s1. The number of nitrogens with one attached hydrogen (secondary N) is 1. The summed E-state index contributed by atoms with van der Waals surface area (Å²) in [7, 11) is -3.66. The lowest BCUT2D eigenvalue weighted by molar-refractivity contribution is -0.0269. The minimum atomic E-state index is -2.16. The Labute approximate surface area is 235 Å². The summed E-state index contributed by atoms with van der Waals surface area (Å²) in [6.07, 6.45) is -0.350.